The van der Waals surface area contributed by atoms with E-state index in [4.69, 9.17) is 16.7 Å². The molecule has 0 aliphatic carbocycles. The summed E-state index contributed by atoms with van der Waals surface area (Å²) in [4.78, 5) is 2.38. The minimum absolute atomic E-state index is 0.0707. The quantitative estimate of drug-likeness (QED) is 0.889. The third-order valence-electron chi connectivity index (χ3n) is 3.72. The fourth-order valence-corrected chi connectivity index (χ4v) is 3.17. The van der Waals surface area contributed by atoms with E-state index in [2.05, 4.69) is 17.3 Å². The molecule has 0 amide bonds. The van der Waals surface area contributed by atoms with Crippen molar-refractivity contribution in [2.45, 2.75) is 30.2 Å². The Balaban J connectivity index is 2.09. The predicted octanol–water partition coefficient (Wildman–Crippen LogP) is 1.88. The van der Waals surface area contributed by atoms with Crippen LogP contribution in [0.15, 0.2) is 23.1 Å². The topological polar surface area (TPSA) is 75.4 Å². The lowest BCUT2D eigenvalue weighted by Crippen LogP contribution is -2.40. The number of halogens is 1. The van der Waals surface area contributed by atoms with E-state index in [0.717, 1.165) is 19.5 Å². The van der Waals surface area contributed by atoms with Crippen LogP contribution in [0.2, 0.25) is 5.02 Å². The van der Waals surface area contributed by atoms with Gasteiger partial charge < -0.3 is 10.2 Å². The summed E-state index contributed by atoms with van der Waals surface area (Å²) in [7, 11) is -1.60. The van der Waals surface area contributed by atoms with Crippen LogP contribution in [0.4, 0.5) is 5.69 Å². The van der Waals surface area contributed by atoms with E-state index in [1.807, 2.05) is 0 Å². The summed E-state index contributed by atoms with van der Waals surface area (Å²) in [5.74, 6) is 0. The lowest BCUT2D eigenvalue weighted by atomic mass is 10.0. The number of rotatable bonds is 4. The van der Waals surface area contributed by atoms with Gasteiger partial charge in [-0.3, -0.25) is 0 Å². The SMILES string of the molecule is CN1CCCCC1CNc1cc(S(N)(=O)=O)ccc1Cl. The standard InChI is InChI=1S/C13H20ClN3O2S/c1-17-7-3-2-4-10(17)9-16-13-8-11(20(15,18)19)5-6-12(13)14/h5-6,8,10,16H,2-4,7,9H2,1H3,(H2,15,18,19). The summed E-state index contributed by atoms with van der Waals surface area (Å²) >= 11 is 6.09. The molecular formula is C13H20ClN3O2S. The van der Waals surface area contributed by atoms with Crippen molar-refractivity contribution in [2.75, 3.05) is 25.5 Å². The molecule has 20 heavy (non-hydrogen) atoms. The van der Waals surface area contributed by atoms with Crippen LogP contribution in [0, 0.1) is 0 Å². The highest BCUT2D eigenvalue weighted by Gasteiger charge is 2.19. The largest absolute Gasteiger partial charge is 0.382 e. The van der Waals surface area contributed by atoms with Crippen molar-refractivity contribution in [1.82, 2.24) is 4.90 Å². The van der Waals surface area contributed by atoms with Gasteiger partial charge in [0, 0.05) is 12.6 Å². The van der Waals surface area contributed by atoms with E-state index in [9.17, 15) is 8.42 Å². The summed E-state index contributed by atoms with van der Waals surface area (Å²) < 4.78 is 22.7. The second-order valence-electron chi connectivity index (χ2n) is 5.20. The fraction of sp³-hybridized carbons (Fsp3) is 0.538. The number of hydrogen-bond donors (Lipinski definition) is 2. The van der Waals surface area contributed by atoms with Crippen LogP contribution in [0.3, 0.4) is 0 Å². The van der Waals surface area contributed by atoms with Crippen molar-refractivity contribution in [2.24, 2.45) is 5.14 Å². The Morgan fingerprint density at radius 2 is 2.20 bits per heavy atom. The third kappa shape index (κ3) is 3.85. The molecule has 1 saturated heterocycles. The highest BCUT2D eigenvalue weighted by Crippen LogP contribution is 2.25. The van der Waals surface area contributed by atoms with Gasteiger partial charge in [0.25, 0.3) is 0 Å². The van der Waals surface area contributed by atoms with Crippen molar-refractivity contribution in [3.63, 3.8) is 0 Å². The van der Waals surface area contributed by atoms with Crippen molar-refractivity contribution in [3.05, 3.63) is 23.2 Å². The maximum absolute atomic E-state index is 11.4. The van der Waals surface area contributed by atoms with E-state index in [-0.39, 0.29) is 4.90 Å². The molecule has 1 fully saturated rings. The van der Waals surface area contributed by atoms with Gasteiger partial charge in [-0.15, -0.1) is 0 Å². The molecule has 5 nitrogen and oxygen atoms in total. The van der Waals surface area contributed by atoms with Gasteiger partial charge in [-0.2, -0.15) is 0 Å². The van der Waals surface area contributed by atoms with Crippen LogP contribution in [0.5, 0.6) is 0 Å². The number of sulfonamides is 1. The average molecular weight is 318 g/mol. The molecule has 0 aromatic heterocycles. The molecule has 1 aliphatic rings. The van der Waals surface area contributed by atoms with Crippen molar-refractivity contribution >= 4 is 27.3 Å². The zero-order valence-corrected chi connectivity index (χ0v) is 13.0. The van der Waals surface area contributed by atoms with Gasteiger partial charge in [0.2, 0.25) is 10.0 Å². The van der Waals surface area contributed by atoms with Gasteiger partial charge >= 0.3 is 0 Å². The van der Waals surface area contributed by atoms with Crippen molar-refractivity contribution in [1.29, 1.82) is 0 Å². The van der Waals surface area contributed by atoms with E-state index in [1.165, 1.54) is 25.0 Å². The Labute approximate surface area is 125 Å². The summed E-state index contributed by atoms with van der Waals surface area (Å²) in [5, 5.41) is 8.86. The van der Waals surface area contributed by atoms with Crippen molar-refractivity contribution in [3.8, 4) is 0 Å². The molecule has 1 unspecified atom stereocenters. The Bertz CT molecular complexity index is 577. The number of nitrogens with two attached hydrogens (primary N) is 1. The summed E-state index contributed by atoms with van der Waals surface area (Å²) in [6.45, 7) is 1.83. The summed E-state index contributed by atoms with van der Waals surface area (Å²) in [5.41, 5.74) is 0.608. The second-order valence-corrected chi connectivity index (χ2v) is 7.17. The number of likely N-dealkylation sites (N-methyl/N-ethyl adjacent to an activating group) is 1. The van der Waals surface area contributed by atoms with Crippen molar-refractivity contribution < 1.29 is 8.42 Å². The smallest absolute Gasteiger partial charge is 0.238 e. The molecule has 0 spiro atoms. The van der Waals surface area contributed by atoms with Gasteiger partial charge in [-0.25, -0.2) is 13.6 Å². The summed E-state index contributed by atoms with van der Waals surface area (Å²) in [6, 6.07) is 4.89. The number of hydrogen-bond acceptors (Lipinski definition) is 4. The number of likely N-dealkylation sites (tertiary alicyclic amines) is 1. The molecular weight excluding hydrogens is 298 g/mol. The van der Waals surface area contributed by atoms with Crippen LogP contribution in [-0.4, -0.2) is 39.5 Å². The van der Waals surface area contributed by atoms with Gasteiger partial charge in [-0.1, -0.05) is 18.0 Å². The molecule has 112 valence electrons. The Hall–Kier alpha value is -0.820. The molecule has 1 atom stereocenters. The van der Waals surface area contributed by atoms with Crippen LogP contribution >= 0.6 is 11.6 Å². The minimum atomic E-state index is -3.71. The molecule has 0 bridgehead atoms. The van der Waals surface area contributed by atoms with Gasteiger partial charge in [-0.05, 0) is 44.6 Å². The van der Waals surface area contributed by atoms with Crippen LogP contribution < -0.4 is 10.5 Å². The number of primary sulfonamides is 1. The molecule has 7 heteroatoms. The Kier molecular flexibility index (Phi) is 4.90. The first-order valence-electron chi connectivity index (χ1n) is 6.64. The number of nitrogens with zero attached hydrogens (tertiary/aromatic N) is 1. The lowest BCUT2D eigenvalue weighted by Gasteiger charge is -2.32. The predicted molar refractivity (Wildman–Crippen MR) is 81.6 cm³/mol. The third-order valence-corrected chi connectivity index (χ3v) is 4.96. The molecule has 0 radical (unpaired) electrons. The maximum atomic E-state index is 11.4. The number of benzene rings is 1. The van der Waals surface area contributed by atoms with Crippen LogP contribution in [0.1, 0.15) is 19.3 Å². The molecule has 3 N–H and O–H groups in total. The summed E-state index contributed by atoms with van der Waals surface area (Å²) in [6.07, 6.45) is 3.59. The second kappa shape index (κ2) is 6.30. The number of nitrogens with one attached hydrogen (secondary N) is 1. The number of piperidine rings is 1. The van der Waals surface area contributed by atoms with E-state index < -0.39 is 10.0 Å². The first-order valence-corrected chi connectivity index (χ1v) is 8.57. The average Bonchev–Trinajstić information content (AvgIpc) is 2.38. The molecule has 0 saturated carbocycles. The van der Waals surface area contributed by atoms with E-state index in [1.54, 1.807) is 6.07 Å². The molecule has 1 aromatic rings. The lowest BCUT2D eigenvalue weighted by molar-refractivity contribution is 0.194. The zero-order chi connectivity index (χ0) is 14.8. The highest BCUT2D eigenvalue weighted by molar-refractivity contribution is 7.89. The van der Waals surface area contributed by atoms with Gasteiger partial charge in [0.15, 0.2) is 0 Å². The zero-order valence-electron chi connectivity index (χ0n) is 11.5. The van der Waals surface area contributed by atoms with Gasteiger partial charge in [0.1, 0.15) is 0 Å². The molecule has 1 heterocycles. The first kappa shape index (κ1) is 15.6. The van der Waals surface area contributed by atoms with Gasteiger partial charge in [0.05, 0.1) is 15.6 Å². The number of anilines is 1. The Morgan fingerprint density at radius 3 is 2.85 bits per heavy atom. The molecule has 1 aliphatic heterocycles. The van der Waals surface area contributed by atoms with Crippen LogP contribution in [0.25, 0.3) is 0 Å². The normalized spacial score (nSPS) is 20.9. The van der Waals surface area contributed by atoms with Crippen LogP contribution in [-0.2, 0) is 10.0 Å². The minimum Gasteiger partial charge on any atom is -0.382 e. The fourth-order valence-electron chi connectivity index (χ4n) is 2.45. The molecule has 2 rings (SSSR count). The monoisotopic (exact) mass is 317 g/mol. The highest BCUT2D eigenvalue weighted by atomic mass is 35.5. The molecule has 1 aromatic carbocycles. The van der Waals surface area contributed by atoms with E-state index in [0.29, 0.717) is 16.8 Å². The van der Waals surface area contributed by atoms with E-state index >= 15 is 0 Å². The Morgan fingerprint density at radius 1 is 1.45 bits per heavy atom. The maximum Gasteiger partial charge on any atom is 0.238 e. The first-order chi connectivity index (χ1) is 9.38.